The smallest absolute Gasteiger partial charge is 0.0593 e. The summed E-state index contributed by atoms with van der Waals surface area (Å²) in [5, 5.41) is 3.47. The summed E-state index contributed by atoms with van der Waals surface area (Å²) in [5.74, 6) is 0.772. The Bertz CT molecular complexity index is 217. The first-order chi connectivity index (χ1) is 9.86. The fourth-order valence-corrected chi connectivity index (χ4v) is 2.60. The van der Waals surface area contributed by atoms with E-state index in [4.69, 9.17) is 14.2 Å². The number of nitrogens with zero attached hydrogens (tertiary/aromatic N) is 1. The minimum Gasteiger partial charge on any atom is -0.385 e. The lowest BCUT2D eigenvalue weighted by atomic mass is 9.98. The largest absolute Gasteiger partial charge is 0.385 e. The predicted octanol–water partition coefficient (Wildman–Crippen LogP) is 0.988. The van der Waals surface area contributed by atoms with Crippen LogP contribution in [0.2, 0.25) is 0 Å². The van der Waals surface area contributed by atoms with E-state index in [0.29, 0.717) is 0 Å². The van der Waals surface area contributed by atoms with Crippen LogP contribution in [0, 0.1) is 5.92 Å². The number of hydrogen-bond acceptors (Lipinski definition) is 5. The van der Waals surface area contributed by atoms with Crippen molar-refractivity contribution in [2.75, 3.05) is 73.4 Å². The monoisotopic (exact) mass is 288 g/mol. The molecule has 1 N–H and O–H groups in total. The molecule has 1 aliphatic rings. The third-order valence-electron chi connectivity index (χ3n) is 3.71. The van der Waals surface area contributed by atoms with Gasteiger partial charge in [-0.1, -0.05) is 0 Å². The van der Waals surface area contributed by atoms with Crippen LogP contribution in [0.1, 0.15) is 19.3 Å². The summed E-state index contributed by atoms with van der Waals surface area (Å²) in [5.41, 5.74) is 0. The molecule has 1 aliphatic heterocycles. The van der Waals surface area contributed by atoms with E-state index >= 15 is 0 Å². The number of likely N-dealkylation sites (tertiary alicyclic amines) is 1. The van der Waals surface area contributed by atoms with Gasteiger partial charge >= 0.3 is 0 Å². The van der Waals surface area contributed by atoms with Crippen LogP contribution in [-0.4, -0.2) is 78.3 Å². The van der Waals surface area contributed by atoms with Gasteiger partial charge in [0.2, 0.25) is 0 Å². The van der Waals surface area contributed by atoms with Gasteiger partial charge in [-0.15, -0.1) is 0 Å². The van der Waals surface area contributed by atoms with Crippen LogP contribution in [0.4, 0.5) is 0 Å². The maximum atomic E-state index is 5.63. The van der Waals surface area contributed by atoms with Crippen molar-refractivity contribution in [3.63, 3.8) is 0 Å². The summed E-state index contributed by atoms with van der Waals surface area (Å²) < 4.78 is 15.7. The highest BCUT2D eigenvalue weighted by Gasteiger charge is 2.18. The van der Waals surface area contributed by atoms with Gasteiger partial charge in [0, 0.05) is 47.1 Å². The maximum absolute atomic E-state index is 5.63. The minimum atomic E-state index is 0.772. The molecule has 1 saturated heterocycles. The summed E-state index contributed by atoms with van der Waals surface area (Å²) >= 11 is 0. The average molecular weight is 288 g/mol. The summed E-state index contributed by atoms with van der Waals surface area (Å²) in [6.45, 7) is 8.77. The highest BCUT2D eigenvalue weighted by Crippen LogP contribution is 2.15. The SMILES string of the molecule is COCCCOCCN1CCCC(CNCCOC)C1. The third kappa shape index (κ3) is 8.87. The zero-order valence-electron chi connectivity index (χ0n) is 13.2. The Balaban J connectivity index is 1.99. The van der Waals surface area contributed by atoms with E-state index in [1.165, 1.54) is 25.9 Å². The molecule has 1 fully saturated rings. The van der Waals surface area contributed by atoms with Gasteiger partial charge in [0.05, 0.1) is 13.2 Å². The number of ether oxygens (including phenoxy) is 3. The van der Waals surface area contributed by atoms with Gasteiger partial charge in [0.1, 0.15) is 0 Å². The molecule has 0 aromatic heterocycles. The van der Waals surface area contributed by atoms with E-state index < -0.39 is 0 Å². The van der Waals surface area contributed by atoms with Crippen molar-refractivity contribution >= 4 is 0 Å². The topological polar surface area (TPSA) is 43.0 Å². The second-order valence-corrected chi connectivity index (χ2v) is 5.46. The molecule has 0 saturated carbocycles. The number of nitrogens with one attached hydrogen (secondary N) is 1. The fourth-order valence-electron chi connectivity index (χ4n) is 2.60. The molecular weight excluding hydrogens is 256 g/mol. The highest BCUT2D eigenvalue weighted by atomic mass is 16.5. The van der Waals surface area contributed by atoms with Crippen molar-refractivity contribution in [2.24, 2.45) is 5.92 Å². The Kier molecular flexibility index (Phi) is 11.2. The molecular formula is C15H32N2O3. The molecule has 1 heterocycles. The van der Waals surface area contributed by atoms with Crippen LogP contribution >= 0.6 is 0 Å². The molecule has 1 atom stereocenters. The van der Waals surface area contributed by atoms with E-state index in [-0.39, 0.29) is 0 Å². The third-order valence-corrected chi connectivity index (χ3v) is 3.71. The minimum absolute atomic E-state index is 0.772. The molecule has 5 nitrogen and oxygen atoms in total. The van der Waals surface area contributed by atoms with Crippen molar-refractivity contribution in [3.8, 4) is 0 Å². The molecule has 1 unspecified atom stereocenters. The molecule has 0 bridgehead atoms. The van der Waals surface area contributed by atoms with Gasteiger partial charge < -0.3 is 24.4 Å². The average Bonchev–Trinajstić information content (AvgIpc) is 2.48. The summed E-state index contributed by atoms with van der Waals surface area (Å²) in [4.78, 5) is 2.53. The lowest BCUT2D eigenvalue weighted by molar-refractivity contribution is 0.0710. The van der Waals surface area contributed by atoms with E-state index in [2.05, 4.69) is 10.2 Å². The molecule has 0 spiro atoms. The van der Waals surface area contributed by atoms with Gasteiger partial charge in [-0.05, 0) is 38.3 Å². The lowest BCUT2D eigenvalue weighted by Crippen LogP contribution is -2.41. The maximum Gasteiger partial charge on any atom is 0.0593 e. The van der Waals surface area contributed by atoms with E-state index in [1.54, 1.807) is 14.2 Å². The Morgan fingerprint density at radius 2 is 1.95 bits per heavy atom. The molecule has 1 rings (SSSR count). The lowest BCUT2D eigenvalue weighted by Gasteiger charge is -2.32. The molecule has 0 aromatic rings. The summed E-state index contributed by atoms with van der Waals surface area (Å²) in [7, 11) is 3.48. The standard InChI is InChI=1S/C15H32N2O3/c1-18-9-4-10-20-12-8-17-7-3-5-15(14-17)13-16-6-11-19-2/h15-16H,3-14H2,1-2H3. The Labute approximate surface area is 123 Å². The zero-order chi connectivity index (χ0) is 14.5. The zero-order valence-corrected chi connectivity index (χ0v) is 13.2. The Hall–Kier alpha value is -0.200. The second kappa shape index (κ2) is 12.5. The van der Waals surface area contributed by atoms with Gasteiger partial charge in [-0.2, -0.15) is 0 Å². The first-order valence-electron chi connectivity index (χ1n) is 7.85. The van der Waals surface area contributed by atoms with Gasteiger partial charge in [-0.3, -0.25) is 0 Å². The van der Waals surface area contributed by atoms with Crippen molar-refractivity contribution in [1.82, 2.24) is 10.2 Å². The molecule has 0 aliphatic carbocycles. The van der Waals surface area contributed by atoms with Crippen molar-refractivity contribution < 1.29 is 14.2 Å². The van der Waals surface area contributed by atoms with Crippen LogP contribution in [-0.2, 0) is 14.2 Å². The quantitative estimate of drug-likeness (QED) is 0.543. The van der Waals surface area contributed by atoms with Crippen LogP contribution < -0.4 is 5.32 Å². The molecule has 0 aromatic carbocycles. The van der Waals surface area contributed by atoms with E-state index in [1.807, 2.05) is 0 Å². The van der Waals surface area contributed by atoms with Gasteiger partial charge in [0.25, 0.3) is 0 Å². The van der Waals surface area contributed by atoms with Crippen LogP contribution in [0.3, 0.4) is 0 Å². The fraction of sp³-hybridized carbons (Fsp3) is 1.00. The van der Waals surface area contributed by atoms with Gasteiger partial charge in [0.15, 0.2) is 0 Å². The van der Waals surface area contributed by atoms with Crippen molar-refractivity contribution in [1.29, 1.82) is 0 Å². The number of methoxy groups -OCH3 is 2. The van der Waals surface area contributed by atoms with Crippen LogP contribution in [0.15, 0.2) is 0 Å². The summed E-state index contributed by atoms with van der Waals surface area (Å²) in [6, 6.07) is 0. The highest BCUT2D eigenvalue weighted by molar-refractivity contribution is 4.74. The second-order valence-electron chi connectivity index (χ2n) is 5.46. The van der Waals surface area contributed by atoms with Crippen molar-refractivity contribution in [3.05, 3.63) is 0 Å². The van der Waals surface area contributed by atoms with E-state index in [0.717, 1.165) is 58.4 Å². The number of hydrogen-bond donors (Lipinski definition) is 1. The van der Waals surface area contributed by atoms with E-state index in [9.17, 15) is 0 Å². The van der Waals surface area contributed by atoms with Gasteiger partial charge in [-0.25, -0.2) is 0 Å². The van der Waals surface area contributed by atoms with Crippen molar-refractivity contribution in [2.45, 2.75) is 19.3 Å². The molecule has 5 heteroatoms. The Morgan fingerprint density at radius 1 is 1.10 bits per heavy atom. The number of rotatable bonds is 12. The molecule has 120 valence electrons. The summed E-state index contributed by atoms with van der Waals surface area (Å²) in [6.07, 6.45) is 3.63. The Morgan fingerprint density at radius 3 is 2.75 bits per heavy atom. The normalized spacial score (nSPS) is 20.4. The molecule has 0 amide bonds. The molecule has 0 radical (unpaired) electrons. The van der Waals surface area contributed by atoms with Crippen LogP contribution in [0.5, 0.6) is 0 Å². The first-order valence-corrected chi connectivity index (χ1v) is 7.85. The molecule has 20 heavy (non-hydrogen) atoms. The number of piperidine rings is 1. The predicted molar refractivity (Wildman–Crippen MR) is 81.2 cm³/mol. The first kappa shape index (κ1) is 17.9. The van der Waals surface area contributed by atoms with Crippen LogP contribution in [0.25, 0.3) is 0 Å².